The van der Waals surface area contributed by atoms with Gasteiger partial charge < -0.3 is 10.2 Å². The van der Waals surface area contributed by atoms with E-state index >= 15 is 0 Å². The number of amides is 1. The first kappa shape index (κ1) is 18.6. The molecule has 2 aromatic heterocycles. The average Bonchev–Trinajstić information content (AvgIpc) is 3.32. The van der Waals surface area contributed by atoms with Gasteiger partial charge in [-0.15, -0.1) is 0 Å². The van der Waals surface area contributed by atoms with Crippen LogP contribution in [0.15, 0.2) is 53.8 Å². The summed E-state index contributed by atoms with van der Waals surface area (Å²) in [7, 11) is 0. The average molecular weight is 399 g/mol. The van der Waals surface area contributed by atoms with Crippen LogP contribution in [0.2, 0.25) is 0 Å². The third-order valence-electron chi connectivity index (χ3n) is 5.97. The lowest BCUT2D eigenvalue weighted by molar-refractivity contribution is 0.102. The number of nitrogens with zero attached hydrogens (tertiary/aromatic N) is 3. The van der Waals surface area contributed by atoms with Crippen molar-refractivity contribution in [3.8, 4) is 0 Å². The van der Waals surface area contributed by atoms with Crippen LogP contribution in [-0.2, 0) is 6.54 Å². The van der Waals surface area contributed by atoms with Gasteiger partial charge in [0.15, 0.2) is 5.65 Å². The highest BCUT2D eigenvalue weighted by Crippen LogP contribution is 2.33. The second-order valence-corrected chi connectivity index (χ2v) is 8.05. The van der Waals surface area contributed by atoms with Gasteiger partial charge in [0.05, 0.1) is 10.9 Å². The molecule has 3 heterocycles. The highest BCUT2D eigenvalue weighted by molar-refractivity contribution is 6.12. The standard InChI is InChI=1S/C24H25N5O/c1-15-13-19(22-16(2)27-28-23(22)25-15)24(30)26-20-9-5-3-8-18(20)14-29-12-11-17-7-4-6-10-21(17)29/h3-5,7-9,13H,6,10-12,14H2,1-2H3,(H,26,30)(H,25,27,28). The van der Waals surface area contributed by atoms with Crippen LogP contribution >= 0.6 is 0 Å². The summed E-state index contributed by atoms with van der Waals surface area (Å²) in [6, 6.07) is 9.91. The van der Waals surface area contributed by atoms with Crippen molar-refractivity contribution in [2.75, 3.05) is 11.9 Å². The molecule has 0 radical (unpaired) electrons. The molecule has 1 aliphatic carbocycles. The molecule has 0 saturated carbocycles. The fourth-order valence-electron chi connectivity index (χ4n) is 4.51. The van der Waals surface area contributed by atoms with Crippen molar-refractivity contribution in [2.45, 2.75) is 39.7 Å². The fourth-order valence-corrected chi connectivity index (χ4v) is 4.51. The number of carbonyl (C=O) groups is 1. The Morgan fingerprint density at radius 1 is 1.23 bits per heavy atom. The van der Waals surface area contributed by atoms with Gasteiger partial charge in [0.25, 0.3) is 5.91 Å². The van der Waals surface area contributed by atoms with Gasteiger partial charge in [0.1, 0.15) is 0 Å². The maximum absolute atomic E-state index is 13.2. The number of aryl methyl sites for hydroxylation is 2. The number of aromatic nitrogens is 3. The minimum Gasteiger partial charge on any atom is -0.370 e. The minimum atomic E-state index is -0.135. The largest absolute Gasteiger partial charge is 0.370 e. The SMILES string of the molecule is Cc1cc(C(=O)Nc2ccccc2CN2CCC3=C2CCC=C3)c2c(C)[nH]nc2n1. The molecule has 0 saturated heterocycles. The van der Waals surface area contributed by atoms with Crippen molar-refractivity contribution in [3.63, 3.8) is 0 Å². The summed E-state index contributed by atoms with van der Waals surface area (Å²) in [5.41, 5.74) is 7.70. The number of pyridine rings is 1. The molecule has 0 atom stereocenters. The third kappa shape index (κ3) is 3.28. The van der Waals surface area contributed by atoms with Crippen LogP contribution < -0.4 is 5.32 Å². The number of rotatable bonds is 4. The molecule has 152 valence electrons. The van der Waals surface area contributed by atoms with Crippen molar-refractivity contribution >= 4 is 22.6 Å². The summed E-state index contributed by atoms with van der Waals surface area (Å²) >= 11 is 0. The number of benzene rings is 1. The van der Waals surface area contributed by atoms with Gasteiger partial charge in [-0.1, -0.05) is 30.4 Å². The molecule has 5 rings (SSSR count). The molecule has 0 fully saturated rings. The molecular formula is C24H25N5O. The molecule has 1 aliphatic heterocycles. The van der Waals surface area contributed by atoms with E-state index < -0.39 is 0 Å². The molecule has 0 spiro atoms. The summed E-state index contributed by atoms with van der Waals surface area (Å²) in [5, 5.41) is 11.1. The highest BCUT2D eigenvalue weighted by atomic mass is 16.1. The van der Waals surface area contributed by atoms with E-state index in [2.05, 4.69) is 43.6 Å². The van der Waals surface area contributed by atoms with Gasteiger partial charge in [-0.2, -0.15) is 5.10 Å². The molecule has 2 N–H and O–H groups in total. The second-order valence-electron chi connectivity index (χ2n) is 8.05. The Balaban J connectivity index is 1.43. The number of nitrogens with one attached hydrogen (secondary N) is 2. The molecular weight excluding hydrogens is 374 g/mol. The van der Waals surface area contributed by atoms with Crippen molar-refractivity contribution in [1.29, 1.82) is 0 Å². The number of allylic oxidation sites excluding steroid dienone is 3. The van der Waals surface area contributed by atoms with E-state index in [1.807, 2.05) is 38.1 Å². The topological polar surface area (TPSA) is 73.9 Å². The van der Waals surface area contributed by atoms with Crippen LogP contribution in [0.3, 0.4) is 0 Å². The van der Waals surface area contributed by atoms with E-state index in [1.54, 1.807) is 0 Å². The summed E-state index contributed by atoms with van der Waals surface area (Å²) < 4.78 is 0. The fraction of sp³-hybridized carbons (Fsp3) is 0.292. The molecule has 30 heavy (non-hydrogen) atoms. The van der Waals surface area contributed by atoms with Gasteiger partial charge in [0, 0.05) is 35.9 Å². The maximum Gasteiger partial charge on any atom is 0.256 e. The number of para-hydroxylation sites is 1. The first-order valence-electron chi connectivity index (χ1n) is 10.5. The van der Waals surface area contributed by atoms with E-state index in [4.69, 9.17) is 0 Å². The Morgan fingerprint density at radius 3 is 3.00 bits per heavy atom. The molecule has 3 aromatic rings. The molecule has 1 aromatic carbocycles. The monoisotopic (exact) mass is 399 g/mol. The summed E-state index contributed by atoms with van der Waals surface area (Å²) in [5.74, 6) is -0.135. The van der Waals surface area contributed by atoms with Crippen LogP contribution in [0, 0.1) is 13.8 Å². The van der Waals surface area contributed by atoms with Crippen LogP contribution in [0.5, 0.6) is 0 Å². The minimum absolute atomic E-state index is 0.135. The van der Waals surface area contributed by atoms with E-state index in [0.29, 0.717) is 11.2 Å². The van der Waals surface area contributed by atoms with Gasteiger partial charge in [0.2, 0.25) is 0 Å². The number of carbonyl (C=O) groups excluding carboxylic acids is 1. The van der Waals surface area contributed by atoms with E-state index in [9.17, 15) is 4.79 Å². The van der Waals surface area contributed by atoms with Crippen LogP contribution in [0.4, 0.5) is 5.69 Å². The predicted molar refractivity (Wildman–Crippen MR) is 118 cm³/mol. The van der Waals surface area contributed by atoms with Gasteiger partial charge >= 0.3 is 0 Å². The van der Waals surface area contributed by atoms with Gasteiger partial charge in [-0.05, 0) is 56.4 Å². The summed E-state index contributed by atoms with van der Waals surface area (Å²) in [6.45, 7) is 5.63. The van der Waals surface area contributed by atoms with Crippen molar-refractivity contribution in [2.24, 2.45) is 0 Å². The zero-order chi connectivity index (χ0) is 20.7. The van der Waals surface area contributed by atoms with E-state index in [0.717, 1.165) is 60.4 Å². The predicted octanol–water partition coefficient (Wildman–Crippen LogP) is 4.64. The Kier molecular flexibility index (Phi) is 4.62. The Bertz CT molecular complexity index is 1200. The van der Waals surface area contributed by atoms with Crippen molar-refractivity contribution in [3.05, 3.63) is 76.3 Å². The number of H-pyrrole nitrogens is 1. The van der Waals surface area contributed by atoms with Crippen molar-refractivity contribution < 1.29 is 4.79 Å². The summed E-state index contributed by atoms with van der Waals surface area (Å²) in [6.07, 6.45) is 7.86. The van der Waals surface area contributed by atoms with Crippen LogP contribution in [0.1, 0.15) is 46.6 Å². The lowest BCUT2D eigenvalue weighted by Gasteiger charge is -2.25. The molecule has 6 heteroatoms. The second kappa shape index (κ2) is 7.44. The van der Waals surface area contributed by atoms with E-state index in [1.165, 1.54) is 11.3 Å². The van der Waals surface area contributed by atoms with Gasteiger partial charge in [-0.3, -0.25) is 9.89 Å². The first-order valence-corrected chi connectivity index (χ1v) is 10.5. The number of aromatic amines is 1. The van der Waals surface area contributed by atoms with Crippen LogP contribution in [-0.4, -0.2) is 32.5 Å². The highest BCUT2D eigenvalue weighted by Gasteiger charge is 2.23. The normalized spacial score (nSPS) is 15.7. The smallest absolute Gasteiger partial charge is 0.256 e. The molecule has 6 nitrogen and oxygen atoms in total. The Labute approximate surface area is 175 Å². The van der Waals surface area contributed by atoms with Crippen LogP contribution in [0.25, 0.3) is 11.0 Å². The molecule has 2 aliphatic rings. The maximum atomic E-state index is 13.2. The molecule has 1 amide bonds. The number of hydrogen-bond acceptors (Lipinski definition) is 4. The Hall–Kier alpha value is -3.41. The zero-order valence-corrected chi connectivity index (χ0v) is 17.3. The zero-order valence-electron chi connectivity index (χ0n) is 17.3. The van der Waals surface area contributed by atoms with Crippen molar-refractivity contribution in [1.82, 2.24) is 20.1 Å². The van der Waals surface area contributed by atoms with Gasteiger partial charge in [-0.25, -0.2) is 4.98 Å². The van der Waals surface area contributed by atoms with E-state index in [-0.39, 0.29) is 5.91 Å². The number of hydrogen-bond donors (Lipinski definition) is 2. The lowest BCUT2D eigenvalue weighted by atomic mass is 10.0. The lowest BCUT2D eigenvalue weighted by Crippen LogP contribution is -2.21. The molecule has 0 unspecified atom stereocenters. The summed E-state index contributed by atoms with van der Waals surface area (Å²) in [4.78, 5) is 20.1. The molecule has 0 bridgehead atoms. The third-order valence-corrected chi connectivity index (χ3v) is 5.97. The first-order chi connectivity index (χ1) is 14.6. The quantitative estimate of drug-likeness (QED) is 0.670. The number of fused-ring (bicyclic) bond motifs is 1. The Morgan fingerprint density at radius 2 is 2.10 bits per heavy atom. The number of anilines is 1.